The number of phenols is 1. The molecule has 24 heavy (non-hydrogen) atoms. The zero-order valence-electron chi connectivity index (χ0n) is 16.6. The van der Waals surface area contributed by atoms with Crippen LogP contribution in [0.25, 0.3) is 0 Å². The van der Waals surface area contributed by atoms with Crippen LogP contribution in [0.15, 0.2) is 12.1 Å². The van der Waals surface area contributed by atoms with Crippen LogP contribution >= 0.6 is 0 Å². The molecule has 0 heterocycles. The molecule has 1 aromatic rings. The first kappa shape index (κ1) is 20.7. The predicted molar refractivity (Wildman–Crippen MR) is 100.0 cm³/mol. The Hall–Kier alpha value is -1.35. The van der Waals surface area contributed by atoms with Gasteiger partial charge in [-0.2, -0.15) is 0 Å². The third-order valence-electron chi connectivity index (χ3n) is 4.85. The van der Waals surface area contributed by atoms with E-state index in [0.29, 0.717) is 18.4 Å². The van der Waals surface area contributed by atoms with Gasteiger partial charge in [-0.25, -0.2) is 0 Å². The van der Waals surface area contributed by atoms with Gasteiger partial charge in [0.05, 0.1) is 5.60 Å². The van der Waals surface area contributed by atoms with Crippen molar-refractivity contribution >= 4 is 5.78 Å². The molecule has 0 spiro atoms. The van der Waals surface area contributed by atoms with Gasteiger partial charge >= 0.3 is 0 Å². The van der Waals surface area contributed by atoms with E-state index in [9.17, 15) is 15.0 Å². The van der Waals surface area contributed by atoms with E-state index in [2.05, 4.69) is 0 Å². The molecule has 0 unspecified atom stereocenters. The minimum absolute atomic E-state index is 0.0720. The Labute approximate surface area is 147 Å². The fourth-order valence-electron chi connectivity index (χ4n) is 2.84. The van der Waals surface area contributed by atoms with Crippen LogP contribution in [-0.4, -0.2) is 21.6 Å². The van der Waals surface area contributed by atoms with Gasteiger partial charge in [0.15, 0.2) is 5.78 Å². The molecular formula is C21H34O3. The molecule has 1 aromatic carbocycles. The lowest BCUT2D eigenvalue weighted by molar-refractivity contribution is 0.0243. The molecule has 0 saturated carbocycles. The predicted octanol–water partition coefficient (Wildman–Crippen LogP) is 5.11. The average molecular weight is 335 g/mol. The third kappa shape index (κ3) is 4.60. The van der Waals surface area contributed by atoms with E-state index in [1.165, 1.54) is 0 Å². The second-order valence-electron chi connectivity index (χ2n) is 8.95. The molecule has 0 aliphatic rings. The Morgan fingerprint density at radius 2 is 1.29 bits per heavy atom. The van der Waals surface area contributed by atoms with Gasteiger partial charge in [-0.1, -0.05) is 55.4 Å². The molecule has 0 radical (unpaired) electrons. The lowest BCUT2D eigenvalue weighted by Crippen LogP contribution is -2.30. The maximum Gasteiger partial charge on any atom is 0.165 e. The number of carbonyl (C=O) groups is 1. The Morgan fingerprint density at radius 1 is 0.917 bits per heavy atom. The average Bonchev–Trinajstić information content (AvgIpc) is 2.44. The van der Waals surface area contributed by atoms with Gasteiger partial charge in [-0.3, -0.25) is 4.79 Å². The quantitative estimate of drug-likeness (QED) is 0.736. The normalized spacial score (nSPS) is 13.2. The number of Topliss-reactive ketones (excluding diaryl/α,β-unsaturated/α-hetero) is 1. The van der Waals surface area contributed by atoms with Crippen LogP contribution in [0.3, 0.4) is 0 Å². The highest BCUT2D eigenvalue weighted by molar-refractivity contribution is 5.97. The van der Waals surface area contributed by atoms with Crippen LogP contribution in [-0.2, 0) is 10.8 Å². The Balaban J connectivity index is 3.47. The smallest absolute Gasteiger partial charge is 0.165 e. The number of ketones is 1. The molecule has 0 amide bonds. The maximum atomic E-state index is 12.8. The molecule has 1 rings (SSSR count). The Kier molecular flexibility index (Phi) is 5.93. The highest BCUT2D eigenvalue weighted by Crippen LogP contribution is 2.40. The summed E-state index contributed by atoms with van der Waals surface area (Å²) in [6.45, 7) is 15.9. The summed E-state index contributed by atoms with van der Waals surface area (Å²) in [6.07, 6.45) is 1.20. The Morgan fingerprint density at radius 3 is 1.58 bits per heavy atom. The summed E-state index contributed by atoms with van der Waals surface area (Å²) in [5, 5.41) is 21.2. The van der Waals surface area contributed by atoms with Gasteiger partial charge in [0, 0.05) is 23.1 Å². The number of phenolic OH excluding ortho intramolecular Hbond substituents is 1. The van der Waals surface area contributed by atoms with Crippen molar-refractivity contribution in [2.24, 2.45) is 0 Å². The monoisotopic (exact) mass is 334 g/mol. The first-order chi connectivity index (χ1) is 10.7. The number of hydrogen-bond donors (Lipinski definition) is 2. The molecule has 0 bridgehead atoms. The summed E-state index contributed by atoms with van der Waals surface area (Å²) in [5.41, 5.74) is 0.615. The van der Waals surface area contributed by atoms with Crippen molar-refractivity contribution in [1.29, 1.82) is 0 Å². The van der Waals surface area contributed by atoms with E-state index < -0.39 is 5.60 Å². The molecule has 3 heteroatoms. The van der Waals surface area contributed by atoms with Crippen molar-refractivity contribution < 1.29 is 15.0 Å². The molecule has 2 N–H and O–H groups in total. The van der Waals surface area contributed by atoms with Crippen molar-refractivity contribution in [3.05, 3.63) is 28.8 Å². The van der Waals surface area contributed by atoms with Gasteiger partial charge in [-0.05, 0) is 35.8 Å². The van der Waals surface area contributed by atoms with Crippen molar-refractivity contribution in [1.82, 2.24) is 0 Å². The fourth-order valence-corrected chi connectivity index (χ4v) is 2.84. The number of carbonyl (C=O) groups excluding carboxylic acids is 1. The topological polar surface area (TPSA) is 57.5 Å². The van der Waals surface area contributed by atoms with Crippen molar-refractivity contribution in [2.45, 2.75) is 91.1 Å². The summed E-state index contributed by atoms with van der Waals surface area (Å²) in [7, 11) is 0. The summed E-state index contributed by atoms with van der Waals surface area (Å²) in [6, 6.07) is 3.58. The van der Waals surface area contributed by atoms with E-state index >= 15 is 0 Å². The summed E-state index contributed by atoms with van der Waals surface area (Å²) < 4.78 is 0. The van der Waals surface area contributed by atoms with Crippen molar-refractivity contribution in [3.8, 4) is 5.75 Å². The highest BCUT2D eigenvalue weighted by Gasteiger charge is 2.30. The largest absolute Gasteiger partial charge is 0.507 e. The van der Waals surface area contributed by atoms with Crippen LogP contribution in [0.5, 0.6) is 5.75 Å². The van der Waals surface area contributed by atoms with E-state index in [-0.39, 0.29) is 28.8 Å². The summed E-state index contributed by atoms with van der Waals surface area (Å²) in [4.78, 5) is 12.8. The molecule has 0 aliphatic heterocycles. The minimum atomic E-state index is -0.960. The van der Waals surface area contributed by atoms with Crippen molar-refractivity contribution in [3.63, 3.8) is 0 Å². The molecular weight excluding hydrogens is 300 g/mol. The standard InChI is InChI=1S/C21H34O3/c1-9-21(24,10-2)13-17(22)14-11-15(19(3,4)5)18(23)16(12-14)20(6,7)8/h11-12,23-24H,9-10,13H2,1-8H3. The van der Waals surface area contributed by atoms with Crippen LogP contribution in [0.4, 0.5) is 0 Å². The first-order valence-corrected chi connectivity index (χ1v) is 8.88. The van der Waals surface area contributed by atoms with Crippen LogP contribution in [0.1, 0.15) is 96.1 Å². The number of benzene rings is 1. The highest BCUT2D eigenvalue weighted by atomic mass is 16.3. The zero-order chi connectivity index (χ0) is 18.9. The lowest BCUT2D eigenvalue weighted by Gasteiger charge is -2.29. The molecule has 3 nitrogen and oxygen atoms in total. The van der Waals surface area contributed by atoms with Gasteiger partial charge < -0.3 is 10.2 Å². The van der Waals surface area contributed by atoms with Gasteiger partial charge in [-0.15, -0.1) is 0 Å². The molecule has 0 saturated heterocycles. The number of aromatic hydroxyl groups is 1. The van der Waals surface area contributed by atoms with Gasteiger partial charge in [0.2, 0.25) is 0 Å². The van der Waals surface area contributed by atoms with Crippen LogP contribution < -0.4 is 0 Å². The second-order valence-corrected chi connectivity index (χ2v) is 8.95. The zero-order valence-corrected chi connectivity index (χ0v) is 16.6. The third-order valence-corrected chi connectivity index (χ3v) is 4.85. The number of aliphatic hydroxyl groups is 1. The lowest BCUT2D eigenvalue weighted by atomic mass is 9.77. The van der Waals surface area contributed by atoms with E-state index in [0.717, 1.165) is 11.1 Å². The fraction of sp³-hybridized carbons (Fsp3) is 0.667. The van der Waals surface area contributed by atoms with Gasteiger partial charge in [0.1, 0.15) is 5.75 Å². The second kappa shape index (κ2) is 6.87. The number of rotatable bonds is 5. The van der Waals surface area contributed by atoms with E-state index in [4.69, 9.17) is 0 Å². The summed E-state index contributed by atoms with van der Waals surface area (Å²) in [5.74, 6) is 0.199. The van der Waals surface area contributed by atoms with Crippen molar-refractivity contribution in [2.75, 3.05) is 0 Å². The molecule has 0 aromatic heterocycles. The maximum absolute atomic E-state index is 12.8. The summed E-state index contributed by atoms with van der Waals surface area (Å²) >= 11 is 0. The van der Waals surface area contributed by atoms with Crippen LogP contribution in [0.2, 0.25) is 0 Å². The minimum Gasteiger partial charge on any atom is -0.507 e. The van der Waals surface area contributed by atoms with E-state index in [1.54, 1.807) is 12.1 Å². The molecule has 0 atom stereocenters. The van der Waals surface area contributed by atoms with Gasteiger partial charge in [0.25, 0.3) is 0 Å². The molecule has 136 valence electrons. The Bertz CT molecular complexity index is 561. The van der Waals surface area contributed by atoms with Crippen LogP contribution in [0, 0.1) is 0 Å². The molecule has 0 aliphatic carbocycles. The first-order valence-electron chi connectivity index (χ1n) is 8.88. The number of hydrogen-bond acceptors (Lipinski definition) is 3. The molecule has 0 fully saturated rings. The SMILES string of the molecule is CCC(O)(CC)CC(=O)c1cc(C(C)(C)C)c(O)c(C(C)(C)C)c1. The van der Waals surface area contributed by atoms with E-state index in [1.807, 2.05) is 55.4 Å².